The lowest BCUT2D eigenvalue weighted by Gasteiger charge is -2.10. The number of aromatic nitrogens is 1. The number of hydrogen-bond donors (Lipinski definition) is 2. The van der Waals surface area contributed by atoms with Gasteiger partial charge in [-0.2, -0.15) is 0 Å². The first kappa shape index (κ1) is 14.7. The molecule has 0 aliphatic heterocycles. The number of aryl methyl sites for hydroxylation is 1. The van der Waals surface area contributed by atoms with Gasteiger partial charge in [-0.25, -0.2) is 18.1 Å². The lowest BCUT2D eigenvalue weighted by atomic mass is 10.1. The highest BCUT2D eigenvalue weighted by molar-refractivity contribution is 7.89. The topological polar surface area (TPSA) is 71.1 Å². The first-order valence-electron chi connectivity index (χ1n) is 6.59. The standard InChI is InChI=1S/C14H19N3O2S/c1-3-16-20(18,19)9-8-15-14-11(2)10-12-6-4-5-7-13(12)17-14/h4-7,10,16H,3,8-9H2,1-2H3,(H,15,17). The Morgan fingerprint density at radius 3 is 2.75 bits per heavy atom. The summed E-state index contributed by atoms with van der Waals surface area (Å²) < 4.78 is 25.6. The minimum Gasteiger partial charge on any atom is -0.369 e. The quantitative estimate of drug-likeness (QED) is 0.853. The number of anilines is 1. The van der Waals surface area contributed by atoms with Crippen LogP contribution in [0.25, 0.3) is 10.9 Å². The van der Waals surface area contributed by atoms with Gasteiger partial charge in [0, 0.05) is 18.5 Å². The number of fused-ring (bicyclic) bond motifs is 1. The van der Waals surface area contributed by atoms with Gasteiger partial charge in [-0.05, 0) is 24.6 Å². The number of nitrogens with one attached hydrogen (secondary N) is 2. The Morgan fingerprint density at radius 1 is 1.25 bits per heavy atom. The first-order chi connectivity index (χ1) is 9.52. The average molecular weight is 293 g/mol. The first-order valence-corrected chi connectivity index (χ1v) is 8.24. The molecule has 2 N–H and O–H groups in total. The predicted molar refractivity (Wildman–Crippen MR) is 82.4 cm³/mol. The van der Waals surface area contributed by atoms with E-state index in [9.17, 15) is 8.42 Å². The molecule has 0 aliphatic carbocycles. The zero-order valence-corrected chi connectivity index (χ0v) is 12.5. The van der Waals surface area contributed by atoms with E-state index < -0.39 is 10.0 Å². The summed E-state index contributed by atoms with van der Waals surface area (Å²) >= 11 is 0. The molecule has 0 spiro atoms. The van der Waals surface area contributed by atoms with Gasteiger partial charge in [0.25, 0.3) is 0 Å². The van der Waals surface area contributed by atoms with E-state index in [1.54, 1.807) is 6.92 Å². The van der Waals surface area contributed by atoms with Crippen molar-refractivity contribution in [3.05, 3.63) is 35.9 Å². The molecule has 0 unspecified atom stereocenters. The fourth-order valence-corrected chi connectivity index (χ4v) is 2.95. The highest BCUT2D eigenvalue weighted by Crippen LogP contribution is 2.19. The molecule has 0 saturated heterocycles. The molecule has 108 valence electrons. The Bertz CT molecular complexity index is 699. The second-order valence-corrected chi connectivity index (χ2v) is 6.52. The minimum absolute atomic E-state index is 0.0365. The SMILES string of the molecule is CCNS(=O)(=O)CCNc1nc2ccccc2cc1C. The molecule has 1 heterocycles. The fourth-order valence-electron chi connectivity index (χ4n) is 2.00. The van der Waals surface area contributed by atoms with E-state index in [-0.39, 0.29) is 5.75 Å². The predicted octanol–water partition coefficient (Wildman–Crippen LogP) is 1.89. The van der Waals surface area contributed by atoms with Crippen molar-refractivity contribution in [2.24, 2.45) is 0 Å². The highest BCUT2D eigenvalue weighted by Gasteiger charge is 2.09. The van der Waals surface area contributed by atoms with Crippen molar-refractivity contribution in [3.8, 4) is 0 Å². The Hall–Kier alpha value is -1.66. The van der Waals surface area contributed by atoms with Crippen LogP contribution in [0.3, 0.4) is 0 Å². The van der Waals surface area contributed by atoms with Crippen LogP contribution in [-0.2, 0) is 10.0 Å². The molecule has 0 saturated carbocycles. The third-order valence-electron chi connectivity index (χ3n) is 2.94. The zero-order chi connectivity index (χ0) is 14.6. The fraction of sp³-hybridized carbons (Fsp3) is 0.357. The van der Waals surface area contributed by atoms with Crippen molar-refractivity contribution in [2.45, 2.75) is 13.8 Å². The van der Waals surface area contributed by atoms with E-state index in [1.807, 2.05) is 37.3 Å². The molecule has 0 amide bonds. The van der Waals surface area contributed by atoms with E-state index >= 15 is 0 Å². The number of benzene rings is 1. The molecular weight excluding hydrogens is 274 g/mol. The Labute approximate surface area is 119 Å². The second kappa shape index (κ2) is 6.19. The van der Waals surface area contributed by atoms with Crippen molar-refractivity contribution in [1.29, 1.82) is 0 Å². The van der Waals surface area contributed by atoms with Crippen molar-refractivity contribution in [1.82, 2.24) is 9.71 Å². The van der Waals surface area contributed by atoms with E-state index in [4.69, 9.17) is 0 Å². The van der Waals surface area contributed by atoms with Crippen LogP contribution < -0.4 is 10.0 Å². The van der Waals surface area contributed by atoms with Gasteiger partial charge in [-0.15, -0.1) is 0 Å². The minimum atomic E-state index is -3.20. The van der Waals surface area contributed by atoms with Crippen LogP contribution in [0.4, 0.5) is 5.82 Å². The number of hydrogen-bond acceptors (Lipinski definition) is 4. The van der Waals surface area contributed by atoms with E-state index in [2.05, 4.69) is 15.0 Å². The molecule has 0 fully saturated rings. The average Bonchev–Trinajstić information content (AvgIpc) is 2.39. The number of sulfonamides is 1. The van der Waals surface area contributed by atoms with Gasteiger partial charge in [0.1, 0.15) is 5.82 Å². The summed E-state index contributed by atoms with van der Waals surface area (Å²) in [5.74, 6) is 0.768. The summed E-state index contributed by atoms with van der Waals surface area (Å²) in [5, 5.41) is 4.17. The van der Waals surface area contributed by atoms with Gasteiger partial charge in [-0.1, -0.05) is 25.1 Å². The molecule has 0 bridgehead atoms. The highest BCUT2D eigenvalue weighted by atomic mass is 32.2. The monoisotopic (exact) mass is 293 g/mol. The lowest BCUT2D eigenvalue weighted by molar-refractivity contribution is 0.584. The van der Waals surface area contributed by atoms with Crippen molar-refractivity contribution in [2.75, 3.05) is 24.2 Å². The molecule has 6 heteroatoms. The van der Waals surface area contributed by atoms with Crippen molar-refractivity contribution >= 4 is 26.7 Å². The normalized spacial score (nSPS) is 11.7. The number of nitrogens with zero attached hydrogens (tertiary/aromatic N) is 1. The van der Waals surface area contributed by atoms with Gasteiger partial charge >= 0.3 is 0 Å². The van der Waals surface area contributed by atoms with Gasteiger partial charge in [0.2, 0.25) is 10.0 Å². The van der Waals surface area contributed by atoms with Gasteiger partial charge in [0.15, 0.2) is 0 Å². The maximum atomic E-state index is 11.5. The van der Waals surface area contributed by atoms with Crippen LogP contribution in [0.15, 0.2) is 30.3 Å². The molecule has 5 nitrogen and oxygen atoms in total. The Kier molecular flexibility index (Phi) is 4.57. The van der Waals surface area contributed by atoms with Gasteiger partial charge < -0.3 is 5.32 Å². The molecule has 0 aliphatic rings. The molecule has 0 radical (unpaired) electrons. The third-order valence-corrected chi connectivity index (χ3v) is 4.41. The van der Waals surface area contributed by atoms with E-state index in [0.29, 0.717) is 13.1 Å². The molecule has 2 rings (SSSR count). The summed E-state index contributed by atoms with van der Waals surface area (Å²) in [7, 11) is -3.20. The molecule has 1 aromatic carbocycles. The lowest BCUT2D eigenvalue weighted by Crippen LogP contribution is -2.29. The number of para-hydroxylation sites is 1. The van der Waals surface area contributed by atoms with E-state index in [1.165, 1.54) is 0 Å². The largest absolute Gasteiger partial charge is 0.369 e. The summed E-state index contributed by atoms with van der Waals surface area (Å²) in [6, 6.07) is 9.90. The summed E-state index contributed by atoms with van der Waals surface area (Å²) in [6.07, 6.45) is 0. The maximum absolute atomic E-state index is 11.5. The van der Waals surface area contributed by atoms with Crippen LogP contribution in [0.2, 0.25) is 0 Å². The summed E-state index contributed by atoms with van der Waals surface area (Å²) in [4.78, 5) is 4.51. The van der Waals surface area contributed by atoms with Crippen LogP contribution >= 0.6 is 0 Å². The molecule has 20 heavy (non-hydrogen) atoms. The van der Waals surface area contributed by atoms with Crippen LogP contribution in [-0.4, -0.2) is 32.2 Å². The maximum Gasteiger partial charge on any atom is 0.213 e. The molecule has 0 atom stereocenters. The third kappa shape index (κ3) is 3.68. The smallest absolute Gasteiger partial charge is 0.213 e. The molecular formula is C14H19N3O2S. The van der Waals surface area contributed by atoms with E-state index in [0.717, 1.165) is 22.3 Å². The zero-order valence-electron chi connectivity index (χ0n) is 11.7. The Morgan fingerprint density at radius 2 is 2.00 bits per heavy atom. The van der Waals surface area contributed by atoms with Crippen LogP contribution in [0.5, 0.6) is 0 Å². The van der Waals surface area contributed by atoms with Crippen LogP contribution in [0, 0.1) is 6.92 Å². The van der Waals surface area contributed by atoms with Gasteiger partial charge in [0.05, 0.1) is 11.3 Å². The second-order valence-electron chi connectivity index (χ2n) is 4.59. The van der Waals surface area contributed by atoms with Crippen LogP contribution in [0.1, 0.15) is 12.5 Å². The summed E-state index contributed by atoms with van der Waals surface area (Å²) in [5.41, 5.74) is 1.90. The summed E-state index contributed by atoms with van der Waals surface area (Å²) in [6.45, 7) is 4.47. The van der Waals surface area contributed by atoms with Crippen molar-refractivity contribution < 1.29 is 8.42 Å². The molecule has 2 aromatic rings. The van der Waals surface area contributed by atoms with Gasteiger partial charge in [-0.3, -0.25) is 0 Å². The number of pyridine rings is 1. The Balaban J connectivity index is 2.08. The van der Waals surface area contributed by atoms with Crippen molar-refractivity contribution in [3.63, 3.8) is 0 Å². The molecule has 1 aromatic heterocycles. The number of rotatable bonds is 6.